The molecule has 1 aliphatic rings. The van der Waals surface area contributed by atoms with E-state index >= 15 is 4.39 Å². The second-order valence-corrected chi connectivity index (χ2v) is 13.0. The molecule has 8 nitrogen and oxygen atoms in total. The molecule has 4 heterocycles. The second-order valence-electron chi connectivity index (χ2n) is 12.1. The zero-order valence-electron chi connectivity index (χ0n) is 27.7. The minimum atomic E-state index is -4.50. The van der Waals surface area contributed by atoms with Crippen molar-refractivity contribution in [3.63, 3.8) is 0 Å². The molecule has 2 atom stereocenters. The molecule has 5 aromatic rings. The monoisotopic (exact) mass is 711 g/mol. The van der Waals surface area contributed by atoms with Crippen LogP contribution in [-0.4, -0.2) is 77.6 Å². The number of rotatable bonds is 10. The first-order chi connectivity index (χ1) is 23.8. The SMILES string of the molecule is C=CC(=O)N1CCn2nc(-c3nc(-c4ccc([C@H](N(C)C)C(F)(F)F)cc4)c4ccsc4c3-c3c(F)cc(F)cc3OCCOC)cc2[C@H]1C. The van der Waals surface area contributed by atoms with Crippen LogP contribution in [0.4, 0.5) is 22.0 Å². The van der Waals surface area contributed by atoms with E-state index in [0.717, 1.165) is 17.0 Å². The lowest BCUT2D eigenvalue weighted by molar-refractivity contribution is -0.179. The fourth-order valence-electron chi connectivity index (χ4n) is 6.44. The number of carbonyl (C=O) groups excluding carboxylic acids is 1. The normalized spacial score (nSPS) is 15.4. The molecule has 2 aromatic carbocycles. The molecule has 0 N–H and O–H groups in total. The average Bonchev–Trinajstić information content (AvgIpc) is 3.72. The Bertz CT molecular complexity index is 2060. The van der Waals surface area contributed by atoms with E-state index in [2.05, 4.69) is 6.58 Å². The van der Waals surface area contributed by atoms with Crippen molar-refractivity contribution in [2.45, 2.75) is 31.7 Å². The van der Waals surface area contributed by atoms with Crippen LogP contribution in [0.2, 0.25) is 0 Å². The van der Waals surface area contributed by atoms with E-state index in [0.29, 0.717) is 51.4 Å². The Morgan fingerprint density at radius 2 is 1.82 bits per heavy atom. The molecule has 14 heteroatoms. The van der Waals surface area contributed by atoms with Gasteiger partial charge in [-0.05, 0) is 50.2 Å². The van der Waals surface area contributed by atoms with Gasteiger partial charge in [0.15, 0.2) is 0 Å². The van der Waals surface area contributed by atoms with Gasteiger partial charge in [0.2, 0.25) is 5.91 Å². The Balaban J connectivity index is 1.59. The summed E-state index contributed by atoms with van der Waals surface area (Å²) in [6.45, 7) is 6.43. The van der Waals surface area contributed by atoms with Gasteiger partial charge in [-0.2, -0.15) is 18.3 Å². The van der Waals surface area contributed by atoms with E-state index in [4.69, 9.17) is 19.6 Å². The Morgan fingerprint density at radius 3 is 2.48 bits per heavy atom. The van der Waals surface area contributed by atoms with Gasteiger partial charge in [-0.15, -0.1) is 11.3 Å². The lowest BCUT2D eigenvalue weighted by Gasteiger charge is -2.33. The molecular formula is C36H34F5N5O3S. The van der Waals surface area contributed by atoms with Gasteiger partial charge in [-0.1, -0.05) is 30.8 Å². The number of alkyl halides is 3. The molecule has 0 fully saturated rings. The maximum Gasteiger partial charge on any atom is 0.408 e. The zero-order valence-corrected chi connectivity index (χ0v) is 28.5. The fraction of sp³-hybridized carbons (Fsp3) is 0.306. The summed E-state index contributed by atoms with van der Waals surface area (Å²) in [7, 11) is 4.22. The molecule has 0 bridgehead atoms. The molecule has 1 aliphatic heterocycles. The highest BCUT2D eigenvalue weighted by molar-refractivity contribution is 7.18. The summed E-state index contributed by atoms with van der Waals surface area (Å²) in [5.41, 5.74) is 2.63. The van der Waals surface area contributed by atoms with Gasteiger partial charge in [-0.25, -0.2) is 13.8 Å². The van der Waals surface area contributed by atoms with Crippen molar-refractivity contribution in [2.75, 3.05) is 41.0 Å². The first-order valence-corrected chi connectivity index (χ1v) is 16.6. The third-order valence-corrected chi connectivity index (χ3v) is 9.64. The van der Waals surface area contributed by atoms with Crippen molar-refractivity contribution in [3.05, 3.63) is 89.5 Å². The summed E-state index contributed by atoms with van der Waals surface area (Å²) < 4.78 is 85.8. The predicted octanol–water partition coefficient (Wildman–Crippen LogP) is 8.05. The Morgan fingerprint density at radius 1 is 1.08 bits per heavy atom. The number of methoxy groups -OCH3 is 1. The van der Waals surface area contributed by atoms with E-state index < -0.39 is 23.9 Å². The Kier molecular flexibility index (Phi) is 9.80. The molecule has 0 spiro atoms. The van der Waals surface area contributed by atoms with E-state index in [9.17, 15) is 22.4 Å². The Labute approximate surface area is 289 Å². The number of pyridine rings is 1. The zero-order chi connectivity index (χ0) is 35.9. The largest absolute Gasteiger partial charge is 0.490 e. The maximum atomic E-state index is 16.1. The molecule has 1 amide bonds. The molecule has 0 radical (unpaired) electrons. The van der Waals surface area contributed by atoms with Crippen LogP contribution in [0, 0.1) is 11.6 Å². The quantitative estimate of drug-likeness (QED) is 0.0830. The highest BCUT2D eigenvalue weighted by atomic mass is 32.1. The number of hydrogen-bond acceptors (Lipinski definition) is 7. The van der Waals surface area contributed by atoms with Crippen LogP contribution in [-0.2, 0) is 16.1 Å². The van der Waals surface area contributed by atoms with E-state index in [-0.39, 0.29) is 47.7 Å². The molecule has 6 rings (SSSR count). The highest BCUT2D eigenvalue weighted by Gasteiger charge is 2.42. The molecule has 0 unspecified atom stereocenters. The number of nitrogens with zero attached hydrogens (tertiary/aromatic N) is 5. The van der Waals surface area contributed by atoms with Crippen LogP contribution < -0.4 is 4.74 Å². The van der Waals surface area contributed by atoms with Gasteiger partial charge in [0.05, 0.1) is 36.1 Å². The number of carbonyl (C=O) groups is 1. The summed E-state index contributed by atoms with van der Waals surface area (Å²) in [5.74, 6) is -2.00. The van der Waals surface area contributed by atoms with Gasteiger partial charge in [0.1, 0.15) is 41.4 Å². The van der Waals surface area contributed by atoms with E-state index in [1.54, 1.807) is 39.2 Å². The molecule has 0 saturated heterocycles. The highest BCUT2D eigenvalue weighted by Crippen LogP contribution is 2.48. The lowest BCUT2D eigenvalue weighted by Crippen LogP contribution is -2.40. The molecule has 3 aromatic heterocycles. The van der Waals surface area contributed by atoms with Crippen molar-refractivity contribution >= 4 is 27.3 Å². The number of benzene rings is 2. The standard InChI is InChI=1S/C36H34F5N5O3S/c1-6-29(47)45-12-13-46-27(20(45)2)19-26(43-46)33-31(30-25(38)17-23(37)18-28(30)49-15-14-48-5)34-24(11-16-50-34)32(42-33)21-7-9-22(10-8-21)35(44(3)4)36(39,40)41/h6-11,16-20,35H,1,12-15H2,2-5H3/t20-,35+/m1/s1. The summed E-state index contributed by atoms with van der Waals surface area (Å²) in [6, 6.07) is 9.28. The number of thiophene rings is 1. The van der Waals surface area contributed by atoms with Crippen LogP contribution in [0.5, 0.6) is 5.75 Å². The third kappa shape index (κ3) is 6.50. The van der Waals surface area contributed by atoms with Crippen molar-refractivity contribution in [2.24, 2.45) is 0 Å². The van der Waals surface area contributed by atoms with Gasteiger partial charge >= 0.3 is 6.18 Å². The fourth-order valence-corrected chi connectivity index (χ4v) is 7.39. The number of aromatic nitrogens is 3. The van der Waals surface area contributed by atoms with Crippen LogP contribution in [0.15, 0.2) is 66.6 Å². The number of hydrogen-bond donors (Lipinski definition) is 0. The van der Waals surface area contributed by atoms with Crippen LogP contribution in [0.25, 0.3) is 43.9 Å². The minimum absolute atomic E-state index is 0.0164. The molecule has 0 aliphatic carbocycles. The first kappa shape index (κ1) is 35.2. The summed E-state index contributed by atoms with van der Waals surface area (Å²) >= 11 is 1.30. The number of halogens is 5. The number of ether oxygens (including phenoxy) is 2. The van der Waals surface area contributed by atoms with Crippen molar-refractivity contribution in [1.29, 1.82) is 0 Å². The van der Waals surface area contributed by atoms with Crippen LogP contribution in [0.1, 0.15) is 30.3 Å². The average molecular weight is 712 g/mol. The van der Waals surface area contributed by atoms with Gasteiger partial charge in [0, 0.05) is 47.0 Å². The summed E-state index contributed by atoms with van der Waals surface area (Å²) in [6.07, 6.45) is -3.24. The minimum Gasteiger partial charge on any atom is -0.490 e. The molecular weight excluding hydrogens is 677 g/mol. The summed E-state index contributed by atoms with van der Waals surface area (Å²) in [5, 5.41) is 7.25. The van der Waals surface area contributed by atoms with Crippen LogP contribution >= 0.6 is 11.3 Å². The van der Waals surface area contributed by atoms with Crippen molar-refractivity contribution in [3.8, 4) is 39.5 Å². The smallest absolute Gasteiger partial charge is 0.408 e. The summed E-state index contributed by atoms with van der Waals surface area (Å²) in [4.78, 5) is 20.4. The van der Waals surface area contributed by atoms with Gasteiger partial charge in [0.25, 0.3) is 0 Å². The van der Waals surface area contributed by atoms with E-state index in [1.807, 2.05) is 6.92 Å². The van der Waals surface area contributed by atoms with E-state index in [1.165, 1.54) is 50.8 Å². The molecule has 50 heavy (non-hydrogen) atoms. The number of amides is 1. The van der Waals surface area contributed by atoms with Crippen LogP contribution in [0.3, 0.4) is 0 Å². The molecule has 0 saturated carbocycles. The van der Waals surface area contributed by atoms with Crippen molar-refractivity contribution < 1.29 is 36.2 Å². The predicted molar refractivity (Wildman–Crippen MR) is 182 cm³/mol. The third-order valence-electron chi connectivity index (χ3n) is 8.71. The first-order valence-electron chi connectivity index (χ1n) is 15.7. The van der Waals surface area contributed by atoms with Gasteiger partial charge < -0.3 is 14.4 Å². The molecule has 262 valence electrons. The van der Waals surface area contributed by atoms with Crippen molar-refractivity contribution in [1.82, 2.24) is 24.6 Å². The second kappa shape index (κ2) is 13.9. The van der Waals surface area contributed by atoms with Gasteiger partial charge in [-0.3, -0.25) is 14.4 Å². The lowest BCUT2D eigenvalue weighted by atomic mass is 9.95. The maximum absolute atomic E-state index is 16.1. The Hall–Kier alpha value is -4.66. The number of fused-ring (bicyclic) bond motifs is 2. The topological polar surface area (TPSA) is 72.7 Å².